The molecule has 3 heteroatoms. The zero-order valence-corrected chi connectivity index (χ0v) is 5.91. The molecule has 0 atom stereocenters. The standard InChI is InChI=1S/C7H9N3/c1-6-7(3-4-9-6)5-10-8-2/h4-5H,2-3H2,1H3/b10-5-. The van der Waals surface area contributed by atoms with Crippen molar-refractivity contribution in [2.75, 3.05) is 0 Å². The number of nitrogens with zero attached hydrogens (tertiary/aromatic N) is 3. The van der Waals surface area contributed by atoms with Crippen LogP contribution in [0, 0.1) is 0 Å². The van der Waals surface area contributed by atoms with Gasteiger partial charge in [0.25, 0.3) is 0 Å². The van der Waals surface area contributed by atoms with E-state index >= 15 is 0 Å². The van der Waals surface area contributed by atoms with Crippen molar-refractivity contribution in [2.24, 2.45) is 15.2 Å². The van der Waals surface area contributed by atoms with Crippen LogP contribution in [-0.4, -0.2) is 19.1 Å². The van der Waals surface area contributed by atoms with Gasteiger partial charge in [0.1, 0.15) is 0 Å². The molecule has 0 aliphatic carbocycles. The molecule has 52 valence electrons. The molecular formula is C7H9N3. The SMILES string of the molecule is C=N/N=C\C1=C(C)N=CC1. The maximum atomic E-state index is 4.07. The molecular weight excluding hydrogens is 126 g/mol. The Labute approximate surface area is 59.9 Å². The van der Waals surface area contributed by atoms with E-state index in [2.05, 4.69) is 21.9 Å². The van der Waals surface area contributed by atoms with E-state index < -0.39 is 0 Å². The molecule has 0 bridgehead atoms. The fraction of sp³-hybridized carbons (Fsp3) is 0.286. The number of hydrogen-bond acceptors (Lipinski definition) is 3. The summed E-state index contributed by atoms with van der Waals surface area (Å²) in [6.45, 7) is 5.19. The van der Waals surface area contributed by atoms with E-state index in [-0.39, 0.29) is 0 Å². The van der Waals surface area contributed by atoms with Gasteiger partial charge in [0.15, 0.2) is 0 Å². The molecule has 0 aromatic rings. The lowest BCUT2D eigenvalue weighted by molar-refractivity contribution is 1.25. The maximum absolute atomic E-state index is 4.07. The molecule has 0 fully saturated rings. The lowest BCUT2D eigenvalue weighted by atomic mass is 10.2. The molecule has 0 radical (unpaired) electrons. The first-order chi connectivity index (χ1) is 4.84. The first-order valence-corrected chi connectivity index (χ1v) is 3.06. The Morgan fingerprint density at radius 3 is 3.10 bits per heavy atom. The van der Waals surface area contributed by atoms with Crippen molar-refractivity contribution >= 4 is 19.1 Å². The Morgan fingerprint density at radius 1 is 1.80 bits per heavy atom. The third kappa shape index (κ3) is 1.37. The van der Waals surface area contributed by atoms with Gasteiger partial charge in [-0.05, 0) is 12.5 Å². The van der Waals surface area contributed by atoms with E-state index in [1.807, 2.05) is 13.1 Å². The molecule has 3 nitrogen and oxygen atoms in total. The van der Waals surface area contributed by atoms with Gasteiger partial charge in [0, 0.05) is 25.0 Å². The molecule has 1 aliphatic heterocycles. The second-order valence-electron chi connectivity index (χ2n) is 2.01. The Bertz CT molecular complexity index is 223. The summed E-state index contributed by atoms with van der Waals surface area (Å²) in [4.78, 5) is 4.07. The monoisotopic (exact) mass is 135 g/mol. The summed E-state index contributed by atoms with van der Waals surface area (Å²) >= 11 is 0. The lowest BCUT2D eigenvalue weighted by Crippen LogP contribution is -1.82. The number of allylic oxidation sites excluding steroid dienone is 2. The van der Waals surface area contributed by atoms with Crippen LogP contribution in [-0.2, 0) is 0 Å². The van der Waals surface area contributed by atoms with Crippen LogP contribution in [0.2, 0.25) is 0 Å². The summed E-state index contributed by atoms with van der Waals surface area (Å²) < 4.78 is 0. The molecule has 0 unspecified atom stereocenters. The van der Waals surface area contributed by atoms with E-state index in [9.17, 15) is 0 Å². The molecule has 1 aliphatic rings. The minimum absolute atomic E-state index is 0.866. The van der Waals surface area contributed by atoms with Crippen molar-refractivity contribution in [1.29, 1.82) is 0 Å². The van der Waals surface area contributed by atoms with Crippen LogP contribution < -0.4 is 0 Å². The third-order valence-corrected chi connectivity index (χ3v) is 1.36. The molecule has 10 heavy (non-hydrogen) atoms. The largest absolute Gasteiger partial charge is 0.265 e. The summed E-state index contributed by atoms with van der Waals surface area (Å²) in [6.07, 6.45) is 4.42. The van der Waals surface area contributed by atoms with Gasteiger partial charge in [-0.2, -0.15) is 10.2 Å². The molecule has 0 N–H and O–H groups in total. The average molecular weight is 135 g/mol. The second kappa shape index (κ2) is 3.06. The highest BCUT2D eigenvalue weighted by molar-refractivity contribution is 5.88. The summed E-state index contributed by atoms with van der Waals surface area (Å²) in [7, 11) is 0. The van der Waals surface area contributed by atoms with E-state index in [0.717, 1.165) is 17.7 Å². The van der Waals surface area contributed by atoms with Gasteiger partial charge < -0.3 is 0 Å². The summed E-state index contributed by atoms with van der Waals surface area (Å²) in [5.74, 6) is 0. The first kappa shape index (κ1) is 6.86. The normalized spacial score (nSPS) is 17.3. The molecule has 0 amide bonds. The van der Waals surface area contributed by atoms with E-state index in [0.29, 0.717) is 0 Å². The average Bonchev–Trinajstić information content (AvgIpc) is 2.31. The van der Waals surface area contributed by atoms with Crippen molar-refractivity contribution in [3.05, 3.63) is 11.3 Å². The number of aliphatic imine (C=N–C) groups is 1. The zero-order valence-electron chi connectivity index (χ0n) is 5.91. The summed E-state index contributed by atoms with van der Waals surface area (Å²) in [5.41, 5.74) is 2.14. The molecule has 0 saturated heterocycles. The first-order valence-electron chi connectivity index (χ1n) is 3.06. The van der Waals surface area contributed by atoms with E-state index in [4.69, 9.17) is 0 Å². The minimum Gasteiger partial charge on any atom is -0.265 e. The van der Waals surface area contributed by atoms with E-state index in [1.54, 1.807) is 6.21 Å². The smallest absolute Gasteiger partial charge is 0.0549 e. The van der Waals surface area contributed by atoms with Crippen LogP contribution in [0.25, 0.3) is 0 Å². The van der Waals surface area contributed by atoms with Crippen LogP contribution in [0.1, 0.15) is 13.3 Å². The number of hydrogen-bond donors (Lipinski definition) is 0. The van der Waals surface area contributed by atoms with Crippen molar-refractivity contribution in [3.8, 4) is 0 Å². The van der Waals surface area contributed by atoms with Crippen molar-refractivity contribution in [1.82, 2.24) is 0 Å². The highest BCUT2D eigenvalue weighted by atomic mass is 15.2. The molecule has 0 saturated carbocycles. The minimum atomic E-state index is 0.866. The van der Waals surface area contributed by atoms with Gasteiger partial charge in [0.05, 0.1) is 6.21 Å². The van der Waals surface area contributed by atoms with Crippen LogP contribution in [0.4, 0.5) is 0 Å². The molecule has 0 aromatic carbocycles. The van der Waals surface area contributed by atoms with Crippen LogP contribution in [0.5, 0.6) is 0 Å². The van der Waals surface area contributed by atoms with Gasteiger partial charge in [-0.3, -0.25) is 4.99 Å². The quantitative estimate of drug-likeness (QED) is 0.405. The fourth-order valence-corrected chi connectivity index (χ4v) is 0.768. The van der Waals surface area contributed by atoms with Crippen molar-refractivity contribution < 1.29 is 0 Å². The molecule has 0 aromatic heterocycles. The molecule has 1 rings (SSSR count). The Hall–Kier alpha value is -1.25. The predicted octanol–water partition coefficient (Wildman–Crippen LogP) is 1.42. The maximum Gasteiger partial charge on any atom is 0.0549 e. The van der Waals surface area contributed by atoms with Crippen molar-refractivity contribution in [2.45, 2.75) is 13.3 Å². The van der Waals surface area contributed by atoms with Gasteiger partial charge >= 0.3 is 0 Å². The van der Waals surface area contributed by atoms with Crippen LogP contribution >= 0.6 is 0 Å². The highest BCUT2D eigenvalue weighted by Crippen LogP contribution is 2.12. The molecule has 0 spiro atoms. The topological polar surface area (TPSA) is 37.1 Å². The Balaban J connectivity index is 2.67. The predicted molar refractivity (Wildman–Crippen MR) is 43.9 cm³/mol. The lowest BCUT2D eigenvalue weighted by Gasteiger charge is -1.88. The highest BCUT2D eigenvalue weighted by Gasteiger charge is 2.02. The second-order valence-corrected chi connectivity index (χ2v) is 2.01. The van der Waals surface area contributed by atoms with Crippen LogP contribution in [0.3, 0.4) is 0 Å². The van der Waals surface area contributed by atoms with Gasteiger partial charge in [-0.15, -0.1) is 0 Å². The number of rotatable bonds is 2. The Morgan fingerprint density at radius 2 is 2.60 bits per heavy atom. The van der Waals surface area contributed by atoms with Crippen molar-refractivity contribution in [3.63, 3.8) is 0 Å². The Kier molecular flexibility index (Phi) is 2.10. The van der Waals surface area contributed by atoms with Gasteiger partial charge in [-0.25, -0.2) is 0 Å². The fourth-order valence-electron chi connectivity index (χ4n) is 0.768. The van der Waals surface area contributed by atoms with Gasteiger partial charge in [-0.1, -0.05) is 0 Å². The summed E-state index contributed by atoms with van der Waals surface area (Å²) in [5, 5.41) is 7.02. The zero-order chi connectivity index (χ0) is 7.40. The van der Waals surface area contributed by atoms with Gasteiger partial charge in [0.2, 0.25) is 0 Å². The molecule has 1 heterocycles. The van der Waals surface area contributed by atoms with E-state index in [1.165, 1.54) is 0 Å². The summed E-state index contributed by atoms with van der Waals surface area (Å²) in [6, 6.07) is 0. The third-order valence-electron chi connectivity index (χ3n) is 1.36. The van der Waals surface area contributed by atoms with Crippen LogP contribution in [0.15, 0.2) is 26.5 Å².